The lowest BCUT2D eigenvalue weighted by Crippen LogP contribution is -2.17. The molecule has 4 heteroatoms. The van der Waals surface area contributed by atoms with Gasteiger partial charge < -0.3 is 0 Å². The summed E-state index contributed by atoms with van der Waals surface area (Å²) >= 11 is 0. The van der Waals surface area contributed by atoms with Crippen molar-refractivity contribution < 1.29 is 13.0 Å². The summed E-state index contributed by atoms with van der Waals surface area (Å²) in [6.45, 7) is 2.28. The summed E-state index contributed by atoms with van der Waals surface area (Å²) in [5.74, 6) is 1.13. The van der Waals surface area contributed by atoms with E-state index in [0.717, 1.165) is 12.8 Å². The summed E-state index contributed by atoms with van der Waals surface area (Å²) in [6, 6.07) is 0. The zero-order valence-electron chi connectivity index (χ0n) is 19.1. The van der Waals surface area contributed by atoms with Crippen molar-refractivity contribution in [1.29, 1.82) is 0 Å². The maximum atomic E-state index is 10.9. The predicted octanol–water partition coefficient (Wildman–Crippen LogP) is 8.11. The largest absolute Gasteiger partial charge is 0.286 e. The molecular weight excluding hydrogens is 380 g/mol. The van der Waals surface area contributed by atoms with Gasteiger partial charge in [-0.2, -0.15) is 8.42 Å². The van der Waals surface area contributed by atoms with Crippen LogP contribution < -0.4 is 0 Å². The van der Waals surface area contributed by atoms with Crippen molar-refractivity contribution in [3.05, 3.63) is 12.2 Å². The highest BCUT2D eigenvalue weighted by Crippen LogP contribution is 2.32. The Morgan fingerprint density at radius 2 is 1.28 bits per heavy atom. The first-order valence-electron chi connectivity index (χ1n) is 12.6. The highest BCUT2D eigenvalue weighted by molar-refractivity contribution is 7.85. The summed E-state index contributed by atoms with van der Waals surface area (Å²) in [4.78, 5) is 0. The fraction of sp³-hybridized carbons (Fsp3) is 0.920. The first-order chi connectivity index (χ1) is 14.0. The molecule has 0 saturated carbocycles. The summed E-state index contributed by atoms with van der Waals surface area (Å²) in [6.07, 6.45) is 29.2. The maximum absolute atomic E-state index is 10.9. The van der Waals surface area contributed by atoms with E-state index in [-0.39, 0.29) is 5.75 Å². The Bertz CT molecular complexity index is 498. The third-order valence-electron chi connectivity index (χ3n) is 6.56. The van der Waals surface area contributed by atoms with Gasteiger partial charge in [0.2, 0.25) is 0 Å². The van der Waals surface area contributed by atoms with E-state index in [2.05, 4.69) is 19.1 Å². The van der Waals surface area contributed by atoms with E-state index in [1.54, 1.807) is 0 Å². The molecule has 0 saturated heterocycles. The topological polar surface area (TPSA) is 54.4 Å². The second-order valence-corrected chi connectivity index (χ2v) is 10.8. The Kier molecular flexibility index (Phi) is 16.0. The molecule has 29 heavy (non-hydrogen) atoms. The molecule has 1 aliphatic rings. The number of allylic oxidation sites excluding steroid dienone is 2. The average molecular weight is 429 g/mol. The van der Waals surface area contributed by atoms with Gasteiger partial charge in [0.15, 0.2) is 0 Å². The zero-order chi connectivity index (χ0) is 21.2. The van der Waals surface area contributed by atoms with E-state index < -0.39 is 10.1 Å². The fourth-order valence-electron chi connectivity index (χ4n) is 4.75. The fourth-order valence-corrected chi connectivity index (χ4v) is 5.28. The summed E-state index contributed by atoms with van der Waals surface area (Å²) in [5.41, 5.74) is 0. The molecule has 2 unspecified atom stereocenters. The molecule has 0 radical (unpaired) electrons. The van der Waals surface area contributed by atoms with Crippen LogP contribution in [0.4, 0.5) is 0 Å². The zero-order valence-corrected chi connectivity index (χ0v) is 19.9. The van der Waals surface area contributed by atoms with Crippen molar-refractivity contribution in [2.45, 2.75) is 129 Å². The molecule has 0 amide bonds. The lowest BCUT2D eigenvalue weighted by atomic mass is 9.78. The number of rotatable bonds is 19. The molecule has 0 aromatic carbocycles. The normalized spacial score (nSPS) is 19.7. The van der Waals surface area contributed by atoms with Gasteiger partial charge in [-0.3, -0.25) is 4.55 Å². The van der Waals surface area contributed by atoms with Crippen LogP contribution in [0.25, 0.3) is 0 Å². The molecule has 0 spiro atoms. The standard InChI is InChI=1S/C25H48O3S/c1-2-3-4-5-6-7-8-9-10-11-12-13-14-15-19-24-20-16-17-21-25(24)22-18-23-29(26,27)28/h16,20,24-25H,2-15,17-19,21-23H2,1H3,(H,26,27,28). The molecular formula is C25H48O3S. The van der Waals surface area contributed by atoms with Crippen LogP contribution in [0.1, 0.15) is 129 Å². The molecule has 0 bridgehead atoms. The molecule has 0 aliphatic heterocycles. The van der Waals surface area contributed by atoms with Gasteiger partial charge in [0.25, 0.3) is 10.1 Å². The van der Waals surface area contributed by atoms with Crippen molar-refractivity contribution >= 4 is 10.1 Å². The van der Waals surface area contributed by atoms with E-state index in [4.69, 9.17) is 4.55 Å². The van der Waals surface area contributed by atoms with Crippen molar-refractivity contribution in [3.63, 3.8) is 0 Å². The summed E-state index contributed by atoms with van der Waals surface area (Å²) in [5, 5.41) is 0. The second-order valence-electron chi connectivity index (χ2n) is 9.24. The van der Waals surface area contributed by atoms with Crippen molar-refractivity contribution in [3.8, 4) is 0 Å². The summed E-state index contributed by atoms with van der Waals surface area (Å²) < 4.78 is 30.7. The minimum absolute atomic E-state index is 0.0845. The van der Waals surface area contributed by atoms with E-state index in [9.17, 15) is 8.42 Å². The second kappa shape index (κ2) is 17.3. The van der Waals surface area contributed by atoms with Gasteiger partial charge in [-0.15, -0.1) is 0 Å². The third kappa shape index (κ3) is 16.1. The monoisotopic (exact) mass is 428 g/mol. The first-order valence-corrected chi connectivity index (χ1v) is 14.3. The maximum Gasteiger partial charge on any atom is 0.264 e. The Balaban J connectivity index is 1.95. The molecule has 1 N–H and O–H groups in total. The average Bonchev–Trinajstić information content (AvgIpc) is 2.68. The molecule has 0 fully saturated rings. The highest BCUT2D eigenvalue weighted by Gasteiger charge is 2.21. The molecule has 1 aliphatic carbocycles. The number of unbranched alkanes of at least 4 members (excludes halogenated alkanes) is 13. The van der Waals surface area contributed by atoms with Crippen LogP contribution in [0.2, 0.25) is 0 Å². The Labute approximate surface area is 181 Å². The van der Waals surface area contributed by atoms with Gasteiger partial charge >= 0.3 is 0 Å². The van der Waals surface area contributed by atoms with Crippen LogP contribution in [0.5, 0.6) is 0 Å². The lowest BCUT2D eigenvalue weighted by Gasteiger charge is -2.27. The van der Waals surface area contributed by atoms with Crippen molar-refractivity contribution in [2.24, 2.45) is 11.8 Å². The van der Waals surface area contributed by atoms with E-state index in [0.29, 0.717) is 18.3 Å². The molecule has 0 heterocycles. The first kappa shape index (κ1) is 26.7. The van der Waals surface area contributed by atoms with Crippen LogP contribution in [0, 0.1) is 11.8 Å². The lowest BCUT2D eigenvalue weighted by molar-refractivity contribution is 0.307. The number of hydrogen-bond acceptors (Lipinski definition) is 2. The molecule has 3 nitrogen and oxygen atoms in total. The van der Waals surface area contributed by atoms with Gasteiger partial charge in [-0.25, -0.2) is 0 Å². The van der Waals surface area contributed by atoms with Gasteiger partial charge in [0.1, 0.15) is 0 Å². The smallest absolute Gasteiger partial charge is 0.264 e. The Morgan fingerprint density at radius 3 is 1.79 bits per heavy atom. The molecule has 2 atom stereocenters. The molecule has 0 aromatic rings. The molecule has 172 valence electrons. The predicted molar refractivity (Wildman–Crippen MR) is 126 cm³/mol. The van der Waals surface area contributed by atoms with Crippen LogP contribution >= 0.6 is 0 Å². The minimum Gasteiger partial charge on any atom is -0.286 e. The van der Waals surface area contributed by atoms with Crippen LogP contribution in [0.15, 0.2) is 12.2 Å². The molecule has 1 rings (SSSR count). The Morgan fingerprint density at radius 1 is 0.759 bits per heavy atom. The van der Waals surface area contributed by atoms with Gasteiger partial charge in [0, 0.05) is 0 Å². The number of hydrogen-bond donors (Lipinski definition) is 1. The van der Waals surface area contributed by atoms with E-state index in [1.165, 1.54) is 103 Å². The minimum atomic E-state index is -3.80. The van der Waals surface area contributed by atoms with Crippen LogP contribution in [0.3, 0.4) is 0 Å². The Hall–Kier alpha value is -0.350. The van der Waals surface area contributed by atoms with Crippen molar-refractivity contribution in [2.75, 3.05) is 5.75 Å². The summed E-state index contributed by atoms with van der Waals surface area (Å²) in [7, 11) is -3.80. The van der Waals surface area contributed by atoms with Gasteiger partial charge in [-0.1, -0.05) is 109 Å². The quantitative estimate of drug-likeness (QED) is 0.128. The van der Waals surface area contributed by atoms with Gasteiger partial charge in [-0.05, 0) is 43.9 Å². The van der Waals surface area contributed by atoms with E-state index in [1.807, 2.05) is 0 Å². The SMILES string of the molecule is CCCCCCCCCCCCCCCCC1C=CCCC1CCCS(=O)(=O)O. The molecule has 0 aromatic heterocycles. The van der Waals surface area contributed by atoms with Crippen LogP contribution in [-0.4, -0.2) is 18.7 Å². The highest BCUT2D eigenvalue weighted by atomic mass is 32.2. The third-order valence-corrected chi connectivity index (χ3v) is 7.37. The van der Waals surface area contributed by atoms with Crippen LogP contribution in [-0.2, 0) is 10.1 Å². The van der Waals surface area contributed by atoms with E-state index >= 15 is 0 Å². The van der Waals surface area contributed by atoms with Crippen molar-refractivity contribution in [1.82, 2.24) is 0 Å². The van der Waals surface area contributed by atoms with Gasteiger partial charge in [0.05, 0.1) is 5.75 Å².